The Bertz CT molecular complexity index is 515. The average molecular weight is 214 g/mol. The summed E-state index contributed by atoms with van der Waals surface area (Å²) in [6.45, 7) is 5.79. The first kappa shape index (κ1) is 10.7. The van der Waals surface area contributed by atoms with Crippen molar-refractivity contribution in [1.29, 1.82) is 0 Å². The lowest BCUT2D eigenvalue weighted by Crippen LogP contribution is -2.02. The lowest BCUT2D eigenvalue weighted by Gasteiger charge is -2.03. The number of rotatable bonds is 2. The van der Waals surface area contributed by atoms with Gasteiger partial charge in [0, 0.05) is 5.56 Å². The third-order valence-corrected chi connectivity index (χ3v) is 2.59. The van der Waals surface area contributed by atoms with Gasteiger partial charge in [0.1, 0.15) is 5.76 Å². The predicted molar refractivity (Wildman–Crippen MR) is 62.8 cm³/mol. The summed E-state index contributed by atoms with van der Waals surface area (Å²) in [6, 6.07) is 7.58. The Morgan fingerprint density at radius 1 is 1.06 bits per heavy atom. The topological polar surface area (TPSA) is 30.2 Å². The van der Waals surface area contributed by atoms with E-state index in [-0.39, 0.29) is 5.78 Å². The fourth-order valence-electron chi connectivity index (χ4n) is 1.88. The Balaban J connectivity index is 2.45. The molecule has 0 saturated heterocycles. The van der Waals surface area contributed by atoms with Crippen LogP contribution in [-0.4, -0.2) is 5.78 Å². The summed E-state index contributed by atoms with van der Waals surface area (Å²) in [5.74, 6) is 0.696. The summed E-state index contributed by atoms with van der Waals surface area (Å²) in [7, 11) is 0. The molecule has 0 radical (unpaired) electrons. The molecule has 0 saturated carbocycles. The molecule has 2 heteroatoms. The quantitative estimate of drug-likeness (QED) is 0.717. The predicted octanol–water partition coefficient (Wildman–Crippen LogP) is 3.44. The first-order chi connectivity index (χ1) is 7.58. The van der Waals surface area contributed by atoms with Crippen molar-refractivity contribution in [2.75, 3.05) is 0 Å². The zero-order valence-corrected chi connectivity index (χ0v) is 9.70. The van der Waals surface area contributed by atoms with Gasteiger partial charge in [-0.1, -0.05) is 17.2 Å². The number of furan rings is 1. The molecule has 0 spiro atoms. The van der Waals surface area contributed by atoms with Gasteiger partial charge in [0.05, 0.1) is 11.8 Å². The lowest BCUT2D eigenvalue weighted by molar-refractivity contribution is 0.103. The number of carbonyl (C=O) groups is 1. The third kappa shape index (κ3) is 1.91. The van der Waals surface area contributed by atoms with Crippen molar-refractivity contribution in [2.45, 2.75) is 20.8 Å². The van der Waals surface area contributed by atoms with Gasteiger partial charge in [-0.25, -0.2) is 0 Å². The van der Waals surface area contributed by atoms with E-state index >= 15 is 0 Å². The average Bonchev–Trinajstić information content (AvgIpc) is 2.62. The van der Waals surface area contributed by atoms with E-state index in [1.54, 1.807) is 19.3 Å². The van der Waals surface area contributed by atoms with Crippen LogP contribution >= 0.6 is 0 Å². The van der Waals surface area contributed by atoms with Gasteiger partial charge in [-0.3, -0.25) is 4.79 Å². The summed E-state index contributed by atoms with van der Waals surface area (Å²) in [6.07, 6.45) is 1.55. The molecule has 0 bridgehead atoms. The van der Waals surface area contributed by atoms with E-state index in [0.29, 0.717) is 11.3 Å². The summed E-state index contributed by atoms with van der Waals surface area (Å²) in [4.78, 5) is 12.2. The second-order valence-electron chi connectivity index (χ2n) is 4.10. The molecule has 0 fully saturated rings. The highest BCUT2D eigenvalue weighted by Crippen LogP contribution is 2.17. The van der Waals surface area contributed by atoms with Crippen LogP contribution < -0.4 is 0 Å². The van der Waals surface area contributed by atoms with Gasteiger partial charge in [-0.05, 0) is 39.0 Å². The van der Waals surface area contributed by atoms with Crippen molar-refractivity contribution in [3.8, 4) is 0 Å². The second kappa shape index (κ2) is 3.97. The smallest absolute Gasteiger partial charge is 0.196 e. The number of ketones is 1. The molecule has 0 unspecified atom stereocenters. The minimum absolute atomic E-state index is 0.0260. The van der Waals surface area contributed by atoms with Gasteiger partial charge in [0.25, 0.3) is 0 Å². The molecule has 2 aromatic rings. The second-order valence-corrected chi connectivity index (χ2v) is 4.10. The Morgan fingerprint density at radius 3 is 2.19 bits per heavy atom. The number of carbonyl (C=O) groups excluding carboxylic acids is 1. The highest BCUT2D eigenvalue weighted by atomic mass is 16.3. The van der Waals surface area contributed by atoms with Crippen LogP contribution in [0.5, 0.6) is 0 Å². The van der Waals surface area contributed by atoms with Crippen molar-refractivity contribution in [2.24, 2.45) is 0 Å². The van der Waals surface area contributed by atoms with E-state index < -0.39 is 0 Å². The Kier molecular flexibility index (Phi) is 2.65. The van der Waals surface area contributed by atoms with Crippen molar-refractivity contribution in [3.05, 3.63) is 58.5 Å². The largest absolute Gasteiger partial charge is 0.469 e. The Hall–Kier alpha value is -1.83. The van der Waals surface area contributed by atoms with Crippen LogP contribution in [0.4, 0.5) is 0 Å². The van der Waals surface area contributed by atoms with E-state index in [9.17, 15) is 4.79 Å². The lowest BCUT2D eigenvalue weighted by atomic mass is 10.00. The molecule has 0 N–H and O–H groups in total. The highest BCUT2D eigenvalue weighted by molar-refractivity contribution is 6.09. The van der Waals surface area contributed by atoms with Crippen molar-refractivity contribution < 1.29 is 9.21 Å². The minimum Gasteiger partial charge on any atom is -0.469 e. The zero-order chi connectivity index (χ0) is 11.7. The van der Waals surface area contributed by atoms with Gasteiger partial charge in [-0.15, -0.1) is 0 Å². The SMILES string of the molecule is Cc1cc(C)cc(C(=O)c2ccoc2C)c1. The van der Waals surface area contributed by atoms with Crippen LogP contribution in [0.1, 0.15) is 32.8 Å². The van der Waals surface area contributed by atoms with E-state index in [2.05, 4.69) is 6.07 Å². The fraction of sp³-hybridized carbons (Fsp3) is 0.214. The van der Waals surface area contributed by atoms with Crippen LogP contribution in [0.2, 0.25) is 0 Å². The van der Waals surface area contributed by atoms with E-state index in [1.165, 1.54) is 0 Å². The van der Waals surface area contributed by atoms with Gasteiger partial charge in [-0.2, -0.15) is 0 Å². The standard InChI is InChI=1S/C14H14O2/c1-9-6-10(2)8-12(7-9)14(15)13-4-5-16-11(13)3/h4-8H,1-3H3. The van der Waals surface area contributed by atoms with Gasteiger partial charge in [0.15, 0.2) is 5.78 Å². The first-order valence-corrected chi connectivity index (χ1v) is 5.25. The molecule has 16 heavy (non-hydrogen) atoms. The van der Waals surface area contributed by atoms with Gasteiger partial charge >= 0.3 is 0 Å². The Labute approximate surface area is 94.9 Å². The highest BCUT2D eigenvalue weighted by Gasteiger charge is 2.14. The molecule has 0 aliphatic carbocycles. The van der Waals surface area contributed by atoms with E-state index in [0.717, 1.165) is 16.7 Å². The molecule has 0 amide bonds. The third-order valence-electron chi connectivity index (χ3n) is 2.59. The number of benzene rings is 1. The fourth-order valence-corrected chi connectivity index (χ4v) is 1.88. The van der Waals surface area contributed by atoms with Crippen LogP contribution in [0.3, 0.4) is 0 Å². The molecule has 1 aromatic heterocycles. The van der Waals surface area contributed by atoms with Crippen LogP contribution in [-0.2, 0) is 0 Å². The summed E-state index contributed by atoms with van der Waals surface area (Å²) >= 11 is 0. The zero-order valence-electron chi connectivity index (χ0n) is 9.70. The Morgan fingerprint density at radius 2 is 1.69 bits per heavy atom. The summed E-state index contributed by atoms with van der Waals surface area (Å²) in [5.41, 5.74) is 3.57. The van der Waals surface area contributed by atoms with Crippen molar-refractivity contribution >= 4 is 5.78 Å². The molecular formula is C14H14O2. The maximum atomic E-state index is 12.2. The van der Waals surface area contributed by atoms with Crippen LogP contribution in [0, 0.1) is 20.8 Å². The van der Waals surface area contributed by atoms with E-state index in [4.69, 9.17) is 4.42 Å². The molecule has 1 aromatic carbocycles. The first-order valence-electron chi connectivity index (χ1n) is 5.25. The molecule has 2 nitrogen and oxygen atoms in total. The minimum atomic E-state index is 0.0260. The monoisotopic (exact) mass is 214 g/mol. The van der Waals surface area contributed by atoms with Crippen LogP contribution in [0.15, 0.2) is 34.9 Å². The molecule has 0 atom stereocenters. The molecule has 82 valence electrons. The molecular weight excluding hydrogens is 200 g/mol. The summed E-state index contributed by atoms with van der Waals surface area (Å²) < 4.78 is 5.15. The maximum Gasteiger partial charge on any atom is 0.196 e. The normalized spacial score (nSPS) is 10.4. The van der Waals surface area contributed by atoms with Gasteiger partial charge < -0.3 is 4.42 Å². The number of hydrogen-bond donors (Lipinski definition) is 0. The van der Waals surface area contributed by atoms with Gasteiger partial charge in [0.2, 0.25) is 0 Å². The number of hydrogen-bond acceptors (Lipinski definition) is 2. The molecule has 2 rings (SSSR count). The van der Waals surface area contributed by atoms with Crippen molar-refractivity contribution in [1.82, 2.24) is 0 Å². The molecule has 0 aliphatic rings. The molecule has 1 heterocycles. The molecule has 0 aliphatic heterocycles. The van der Waals surface area contributed by atoms with Crippen LogP contribution in [0.25, 0.3) is 0 Å². The number of aryl methyl sites for hydroxylation is 3. The van der Waals surface area contributed by atoms with E-state index in [1.807, 2.05) is 26.0 Å². The van der Waals surface area contributed by atoms with Crippen molar-refractivity contribution in [3.63, 3.8) is 0 Å². The maximum absolute atomic E-state index is 12.2. The summed E-state index contributed by atoms with van der Waals surface area (Å²) in [5, 5.41) is 0.